The highest BCUT2D eigenvalue weighted by Crippen LogP contribution is 2.33. The molecule has 0 unspecified atom stereocenters. The Hall–Kier alpha value is -4.68. The first-order chi connectivity index (χ1) is 16.2. The summed E-state index contributed by atoms with van der Waals surface area (Å²) in [5.41, 5.74) is 6.73. The number of anilines is 5. The minimum absolute atomic E-state index is 0.115. The number of aromatic amines is 1. The van der Waals surface area contributed by atoms with Gasteiger partial charge in [-0.05, 0) is 36.4 Å². The number of aromatic nitrogens is 4. The molecule has 1 aromatic carbocycles. The van der Waals surface area contributed by atoms with Crippen molar-refractivity contribution in [3.63, 3.8) is 0 Å². The predicted octanol–water partition coefficient (Wildman–Crippen LogP) is 3.67. The number of fused-ring (bicyclic) bond motifs is 1. The van der Waals surface area contributed by atoms with Crippen LogP contribution in [0, 0.1) is 0 Å². The van der Waals surface area contributed by atoms with Gasteiger partial charge >= 0.3 is 12.2 Å². The number of alkyl halides is 3. The summed E-state index contributed by atoms with van der Waals surface area (Å²) in [5, 5.41) is 10.4. The first-order valence-electron chi connectivity index (χ1n) is 9.84. The molecule has 10 nitrogen and oxygen atoms in total. The van der Waals surface area contributed by atoms with Crippen LogP contribution in [0.4, 0.5) is 46.5 Å². The Labute approximate surface area is 189 Å². The normalized spacial score (nSPS) is 14.3. The molecule has 0 spiro atoms. The molecule has 172 valence electrons. The number of halogens is 3. The summed E-state index contributed by atoms with van der Waals surface area (Å²) in [6.07, 6.45) is -1.29. The lowest BCUT2D eigenvalue weighted by Crippen LogP contribution is -2.33. The van der Waals surface area contributed by atoms with Crippen molar-refractivity contribution in [1.29, 1.82) is 0 Å². The highest BCUT2D eigenvalue weighted by Gasteiger charge is 2.39. The number of nitrogens with two attached hydrogens (primary N) is 1. The number of hydrogen-bond acceptors (Lipinski definition) is 7. The van der Waals surface area contributed by atoms with E-state index in [0.29, 0.717) is 34.4 Å². The number of imide groups is 1. The summed E-state index contributed by atoms with van der Waals surface area (Å²) in [4.78, 5) is 35.0. The van der Waals surface area contributed by atoms with Crippen LogP contribution in [-0.2, 0) is 11.0 Å². The summed E-state index contributed by atoms with van der Waals surface area (Å²) >= 11 is 0. The molecule has 1 fully saturated rings. The summed E-state index contributed by atoms with van der Waals surface area (Å²) in [6.45, 7) is -0.403. The van der Waals surface area contributed by atoms with Crippen molar-refractivity contribution < 1.29 is 22.8 Å². The van der Waals surface area contributed by atoms with Crippen LogP contribution < -0.4 is 20.9 Å². The average Bonchev–Trinajstić information content (AvgIpc) is 3.32. The second kappa shape index (κ2) is 7.72. The number of carbonyl (C=O) groups is 2. The number of hydrogen-bond donors (Lipinski definition) is 3. The number of pyridine rings is 2. The van der Waals surface area contributed by atoms with Gasteiger partial charge in [0.25, 0.3) is 5.91 Å². The van der Waals surface area contributed by atoms with Gasteiger partial charge in [-0.25, -0.2) is 14.7 Å². The standard InChI is InChI=1S/C21H15F3N8O2/c22-21(23,24)11-5-15(9-26-7-11)31-10-17(33)32(20(31)34)14-3-1-12(2-4-14)28-13-6-16-18(25)29-30-19(16)27-8-13/h1-9,28H,10H2,(H3,25,27,29,30). The van der Waals surface area contributed by atoms with Crippen molar-refractivity contribution in [2.75, 3.05) is 27.4 Å². The monoisotopic (exact) mass is 468 g/mol. The molecule has 0 radical (unpaired) electrons. The molecule has 0 aliphatic carbocycles. The number of nitrogens with one attached hydrogen (secondary N) is 2. The van der Waals surface area contributed by atoms with Crippen LogP contribution in [0.1, 0.15) is 5.56 Å². The predicted molar refractivity (Wildman–Crippen MR) is 117 cm³/mol. The van der Waals surface area contributed by atoms with Crippen LogP contribution in [0.25, 0.3) is 11.0 Å². The van der Waals surface area contributed by atoms with Gasteiger partial charge in [0.1, 0.15) is 12.4 Å². The second-order valence-corrected chi connectivity index (χ2v) is 7.43. The lowest BCUT2D eigenvalue weighted by molar-refractivity contribution is -0.137. The third-order valence-corrected chi connectivity index (χ3v) is 5.18. The molecular weight excluding hydrogens is 453 g/mol. The molecule has 3 amide bonds. The molecular formula is C21H15F3N8O2. The molecule has 0 atom stereocenters. The Balaban J connectivity index is 1.35. The highest BCUT2D eigenvalue weighted by atomic mass is 19.4. The van der Waals surface area contributed by atoms with Gasteiger partial charge in [-0.15, -0.1) is 0 Å². The molecule has 4 N–H and O–H groups in total. The Bertz CT molecular complexity index is 1420. The highest BCUT2D eigenvalue weighted by molar-refractivity contribution is 6.26. The quantitative estimate of drug-likeness (QED) is 0.389. The van der Waals surface area contributed by atoms with E-state index in [0.717, 1.165) is 22.1 Å². The summed E-state index contributed by atoms with van der Waals surface area (Å²) in [7, 11) is 0. The van der Waals surface area contributed by atoms with Gasteiger partial charge in [-0.1, -0.05) is 0 Å². The van der Waals surface area contributed by atoms with E-state index in [9.17, 15) is 22.8 Å². The molecule has 1 aliphatic rings. The van der Waals surface area contributed by atoms with Crippen molar-refractivity contribution >= 4 is 51.5 Å². The fraction of sp³-hybridized carbons (Fsp3) is 0.0952. The molecule has 1 aliphatic heterocycles. The summed E-state index contributed by atoms with van der Waals surface area (Å²) in [5.74, 6) is -0.193. The van der Waals surface area contributed by atoms with Crippen molar-refractivity contribution in [1.82, 2.24) is 20.2 Å². The summed E-state index contributed by atoms with van der Waals surface area (Å²) in [6, 6.07) is 8.17. The Morgan fingerprint density at radius 2 is 1.76 bits per heavy atom. The molecule has 3 aromatic heterocycles. The van der Waals surface area contributed by atoms with Crippen LogP contribution in [0.15, 0.2) is 55.0 Å². The zero-order valence-corrected chi connectivity index (χ0v) is 17.2. The maximum absolute atomic E-state index is 13.0. The number of rotatable bonds is 4. The smallest absolute Gasteiger partial charge is 0.384 e. The lowest BCUT2D eigenvalue weighted by Gasteiger charge is -2.18. The average molecular weight is 468 g/mol. The largest absolute Gasteiger partial charge is 0.417 e. The van der Waals surface area contributed by atoms with E-state index in [1.807, 2.05) is 0 Å². The first kappa shape index (κ1) is 21.2. The van der Waals surface area contributed by atoms with Gasteiger partial charge in [0.05, 0.1) is 40.4 Å². The fourth-order valence-corrected chi connectivity index (χ4v) is 3.53. The van der Waals surface area contributed by atoms with Gasteiger partial charge in [-0.3, -0.25) is 19.8 Å². The minimum atomic E-state index is -4.62. The van der Waals surface area contributed by atoms with E-state index in [1.54, 1.807) is 36.5 Å². The second-order valence-electron chi connectivity index (χ2n) is 7.43. The number of benzene rings is 1. The molecule has 1 saturated heterocycles. The minimum Gasteiger partial charge on any atom is -0.384 e. The van der Waals surface area contributed by atoms with Gasteiger partial charge in [0.15, 0.2) is 5.65 Å². The van der Waals surface area contributed by atoms with Gasteiger partial charge < -0.3 is 11.1 Å². The molecule has 5 rings (SSSR count). The van der Waals surface area contributed by atoms with Gasteiger partial charge in [0, 0.05) is 11.9 Å². The van der Waals surface area contributed by atoms with E-state index in [2.05, 4.69) is 25.5 Å². The van der Waals surface area contributed by atoms with Crippen molar-refractivity contribution in [2.45, 2.75) is 6.18 Å². The van der Waals surface area contributed by atoms with Crippen LogP contribution in [0.2, 0.25) is 0 Å². The van der Waals surface area contributed by atoms with E-state index < -0.39 is 30.2 Å². The first-order valence-corrected chi connectivity index (χ1v) is 9.84. The Kier molecular flexibility index (Phi) is 4.81. The molecule has 4 heterocycles. The third kappa shape index (κ3) is 3.72. The van der Waals surface area contributed by atoms with Crippen LogP contribution in [0.3, 0.4) is 0 Å². The van der Waals surface area contributed by atoms with Gasteiger partial charge in [-0.2, -0.15) is 18.3 Å². The van der Waals surface area contributed by atoms with E-state index in [4.69, 9.17) is 5.73 Å². The Morgan fingerprint density at radius 1 is 1.00 bits per heavy atom. The van der Waals surface area contributed by atoms with E-state index >= 15 is 0 Å². The molecule has 0 bridgehead atoms. The SMILES string of the molecule is Nc1[nH]nc2ncc(Nc3ccc(N4C(=O)CN(c5cncc(C(F)(F)F)c5)C4=O)cc3)cc12. The Morgan fingerprint density at radius 3 is 2.50 bits per heavy atom. The number of urea groups is 1. The number of H-pyrrole nitrogens is 1. The maximum Gasteiger partial charge on any atom is 0.417 e. The van der Waals surface area contributed by atoms with E-state index in [1.165, 1.54) is 0 Å². The number of nitrogens with zero attached hydrogens (tertiary/aromatic N) is 5. The topological polar surface area (TPSA) is 133 Å². The maximum atomic E-state index is 13.0. The summed E-state index contributed by atoms with van der Waals surface area (Å²) < 4.78 is 39.0. The molecule has 34 heavy (non-hydrogen) atoms. The number of amides is 3. The molecule has 0 saturated carbocycles. The lowest BCUT2D eigenvalue weighted by atomic mass is 10.2. The molecule has 13 heteroatoms. The fourth-order valence-electron chi connectivity index (χ4n) is 3.53. The zero-order valence-electron chi connectivity index (χ0n) is 17.2. The van der Waals surface area contributed by atoms with Crippen molar-refractivity contribution in [2.24, 2.45) is 0 Å². The van der Waals surface area contributed by atoms with Crippen molar-refractivity contribution in [3.8, 4) is 0 Å². The van der Waals surface area contributed by atoms with E-state index in [-0.39, 0.29) is 11.4 Å². The van der Waals surface area contributed by atoms with Gasteiger partial charge in [0.2, 0.25) is 0 Å². The third-order valence-electron chi connectivity index (χ3n) is 5.18. The number of nitrogen functional groups attached to an aromatic ring is 1. The number of carbonyl (C=O) groups excluding carboxylic acids is 2. The van der Waals surface area contributed by atoms with Crippen LogP contribution >= 0.6 is 0 Å². The van der Waals surface area contributed by atoms with Crippen LogP contribution in [0.5, 0.6) is 0 Å². The zero-order chi connectivity index (χ0) is 24.0. The van der Waals surface area contributed by atoms with Crippen LogP contribution in [-0.4, -0.2) is 38.6 Å². The molecule has 4 aromatic rings. The van der Waals surface area contributed by atoms with Crippen molar-refractivity contribution in [3.05, 3.63) is 60.6 Å².